The van der Waals surface area contributed by atoms with Crippen molar-refractivity contribution in [2.24, 2.45) is 11.8 Å². The van der Waals surface area contributed by atoms with Crippen molar-refractivity contribution >= 4 is 34.2 Å². The number of carboxylic acids is 1. The Kier molecular flexibility index (Phi) is 7.17. The minimum Gasteiger partial charge on any atom is -0.480 e. The van der Waals surface area contributed by atoms with E-state index in [2.05, 4.69) is 34.3 Å². The third-order valence-electron chi connectivity index (χ3n) is 6.65. The smallest absolute Gasteiger partial charge is 0.326 e. The molecule has 0 radical (unpaired) electrons. The van der Waals surface area contributed by atoms with Crippen LogP contribution < -0.4 is 5.32 Å². The molecule has 3 aromatic rings. The third kappa shape index (κ3) is 5.29. The van der Waals surface area contributed by atoms with Gasteiger partial charge in [0.25, 0.3) is 5.91 Å². The zero-order valence-electron chi connectivity index (χ0n) is 19.6. The van der Waals surface area contributed by atoms with Crippen LogP contribution in [0.5, 0.6) is 0 Å². The van der Waals surface area contributed by atoms with Crippen molar-refractivity contribution in [2.45, 2.75) is 71.4 Å². The molecule has 1 saturated carbocycles. The number of amides is 1. The standard InChI is InChI=1S/C26H33N3O3S/c1-16(2)13-21(26(31)32)28-25(30)18-10-11-23-20(14-18)27-24(15-19-8-6-12-33-19)29(23)22-9-5-4-7-17(22)3/h6,8,10-12,14,16-17,21-22H,4-5,7,9,13,15H2,1-3H3,(H,28,30)(H,31,32). The van der Waals surface area contributed by atoms with Gasteiger partial charge in [-0.25, -0.2) is 9.78 Å². The quantitative estimate of drug-likeness (QED) is 0.447. The lowest BCUT2D eigenvalue weighted by Crippen LogP contribution is -2.41. The number of hydrogen-bond donors (Lipinski definition) is 2. The molecule has 1 amide bonds. The molecule has 2 heterocycles. The third-order valence-corrected chi connectivity index (χ3v) is 7.52. The van der Waals surface area contributed by atoms with Crippen LogP contribution in [0.1, 0.15) is 80.0 Å². The highest BCUT2D eigenvalue weighted by Gasteiger charge is 2.28. The normalized spacial score (nSPS) is 19.6. The maximum Gasteiger partial charge on any atom is 0.326 e. The van der Waals surface area contributed by atoms with Crippen molar-refractivity contribution in [1.82, 2.24) is 14.9 Å². The molecule has 1 aromatic carbocycles. The van der Waals surface area contributed by atoms with Gasteiger partial charge in [-0.1, -0.05) is 39.7 Å². The van der Waals surface area contributed by atoms with Crippen molar-refractivity contribution in [3.8, 4) is 0 Å². The molecule has 0 saturated heterocycles. The lowest BCUT2D eigenvalue weighted by atomic mass is 9.85. The molecule has 3 atom stereocenters. The first-order chi connectivity index (χ1) is 15.8. The maximum absolute atomic E-state index is 12.9. The van der Waals surface area contributed by atoms with Gasteiger partial charge in [0, 0.05) is 22.9 Å². The van der Waals surface area contributed by atoms with E-state index in [0.29, 0.717) is 23.9 Å². The summed E-state index contributed by atoms with van der Waals surface area (Å²) in [4.78, 5) is 30.7. The number of carbonyl (C=O) groups is 2. The number of carbonyl (C=O) groups excluding carboxylic acids is 1. The van der Waals surface area contributed by atoms with E-state index in [9.17, 15) is 14.7 Å². The number of imidazole rings is 1. The minimum absolute atomic E-state index is 0.168. The summed E-state index contributed by atoms with van der Waals surface area (Å²) in [5.41, 5.74) is 2.29. The van der Waals surface area contributed by atoms with E-state index in [-0.39, 0.29) is 11.8 Å². The average molecular weight is 468 g/mol. The second kappa shape index (κ2) is 10.1. The molecule has 0 bridgehead atoms. The van der Waals surface area contributed by atoms with Gasteiger partial charge in [0.2, 0.25) is 0 Å². The number of carboxylic acid groups (broad SMARTS) is 1. The summed E-state index contributed by atoms with van der Waals surface area (Å²) in [5.74, 6) is 0.402. The predicted octanol–water partition coefficient (Wildman–Crippen LogP) is 5.67. The summed E-state index contributed by atoms with van der Waals surface area (Å²) in [6.07, 6.45) is 6.02. The molecule has 2 N–H and O–H groups in total. The Morgan fingerprint density at radius 3 is 2.70 bits per heavy atom. The molecule has 0 spiro atoms. The molecular weight excluding hydrogens is 434 g/mol. The van der Waals surface area contributed by atoms with Crippen LogP contribution in [0.3, 0.4) is 0 Å². The van der Waals surface area contributed by atoms with Gasteiger partial charge in [-0.05, 0) is 60.7 Å². The lowest BCUT2D eigenvalue weighted by Gasteiger charge is -2.31. The van der Waals surface area contributed by atoms with Crippen LogP contribution in [0.25, 0.3) is 11.0 Å². The Labute approximate surface area is 199 Å². The Bertz CT molecular complexity index is 1120. The van der Waals surface area contributed by atoms with E-state index < -0.39 is 12.0 Å². The number of hydrogen-bond acceptors (Lipinski definition) is 4. The van der Waals surface area contributed by atoms with Gasteiger partial charge < -0.3 is 15.0 Å². The molecule has 7 heteroatoms. The highest BCUT2D eigenvalue weighted by Crippen LogP contribution is 2.37. The number of thiophene rings is 1. The summed E-state index contributed by atoms with van der Waals surface area (Å²) in [6, 6.07) is 9.29. The van der Waals surface area contributed by atoms with Crippen molar-refractivity contribution in [3.63, 3.8) is 0 Å². The van der Waals surface area contributed by atoms with E-state index in [4.69, 9.17) is 4.98 Å². The minimum atomic E-state index is -1.01. The zero-order valence-corrected chi connectivity index (χ0v) is 20.4. The second-order valence-corrected chi connectivity index (χ2v) is 10.7. The molecule has 1 aliphatic carbocycles. The number of aromatic nitrogens is 2. The van der Waals surface area contributed by atoms with Gasteiger partial charge in [0.15, 0.2) is 0 Å². The van der Waals surface area contributed by atoms with Crippen LogP contribution in [0.2, 0.25) is 0 Å². The number of aliphatic carboxylic acids is 1. The highest BCUT2D eigenvalue weighted by atomic mass is 32.1. The first-order valence-electron chi connectivity index (χ1n) is 11.9. The number of nitrogens with one attached hydrogen (secondary N) is 1. The van der Waals surface area contributed by atoms with Crippen LogP contribution in [-0.4, -0.2) is 32.6 Å². The topological polar surface area (TPSA) is 84.2 Å². The van der Waals surface area contributed by atoms with E-state index in [0.717, 1.165) is 29.7 Å². The van der Waals surface area contributed by atoms with Gasteiger partial charge in [-0.3, -0.25) is 4.79 Å². The van der Waals surface area contributed by atoms with Crippen molar-refractivity contribution in [1.29, 1.82) is 0 Å². The van der Waals surface area contributed by atoms with E-state index in [1.54, 1.807) is 23.5 Å². The zero-order chi connectivity index (χ0) is 23.5. The number of benzene rings is 1. The van der Waals surface area contributed by atoms with Crippen LogP contribution in [-0.2, 0) is 11.2 Å². The molecule has 176 valence electrons. The van der Waals surface area contributed by atoms with Gasteiger partial charge in [0.05, 0.1) is 11.0 Å². The Morgan fingerprint density at radius 2 is 2.03 bits per heavy atom. The molecule has 1 fully saturated rings. The molecule has 3 unspecified atom stereocenters. The van der Waals surface area contributed by atoms with Crippen molar-refractivity contribution in [2.75, 3.05) is 0 Å². The number of rotatable bonds is 8. The molecule has 33 heavy (non-hydrogen) atoms. The van der Waals surface area contributed by atoms with Crippen molar-refractivity contribution < 1.29 is 14.7 Å². The Hall–Kier alpha value is -2.67. The first-order valence-corrected chi connectivity index (χ1v) is 12.8. The largest absolute Gasteiger partial charge is 0.480 e. The van der Waals surface area contributed by atoms with Crippen LogP contribution in [0.4, 0.5) is 0 Å². The van der Waals surface area contributed by atoms with Crippen LogP contribution in [0.15, 0.2) is 35.7 Å². The Morgan fingerprint density at radius 1 is 1.24 bits per heavy atom. The van der Waals surface area contributed by atoms with Gasteiger partial charge in [-0.2, -0.15) is 0 Å². The van der Waals surface area contributed by atoms with E-state index in [1.165, 1.54) is 24.1 Å². The number of fused-ring (bicyclic) bond motifs is 1. The predicted molar refractivity (Wildman–Crippen MR) is 132 cm³/mol. The number of nitrogens with zero attached hydrogens (tertiary/aromatic N) is 2. The molecular formula is C26H33N3O3S. The SMILES string of the molecule is CC(C)CC(NC(=O)c1ccc2c(c1)nc(Cc1cccs1)n2C1CCCCC1C)C(=O)O. The Balaban J connectivity index is 1.68. The maximum atomic E-state index is 12.9. The van der Waals surface area contributed by atoms with Crippen molar-refractivity contribution in [3.05, 3.63) is 52.0 Å². The summed E-state index contributed by atoms with van der Waals surface area (Å²) in [5, 5.41) is 14.3. The molecule has 6 nitrogen and oxygen atoms in total. The van der Waals surface area contributed by atoms with Gasteiger partial charge in [-0.15, -0.1) is 11.3 Å². The summed E-state index contributed by atoms with van der Waals surface area (Å²) in [7, 11) is 0. The summed E-state index contributed by atoms with van der Waals surface area (Å²) >= 11 is 1.73. The fraction of sp³-hybridized carbons (Fsp3) is 0.500. The van der Waals surface area contributed by atoms with Crippen LogP contribution >= 0.6 is 11.3 Å². The van der Waals surface area contributed by atoms with Crippen LogP contribution in [0, 0.1) is 11.8 Å². The van der Waals surface area contributed by atoms with E-state index >= 15 is 0 Å². The first kappa shape index (κ1) is 23.5. The lowest BCUT2D eigenvalue weighted by molar-refractivity contribution is -0.139. The molecule has 2 aromatic heterocycles. The fourth-order valence-corrected chi connectivity index (χ4v) is 5.67. The fourth-order valence-electron chi connectivity index (χ4n) is 4.97. The summed E-state index contributed by atoms with van der Waals surface area (Å²) in [6.45, 7) is 6.22. The highest BCUT2D eigenvalue weighted by molar-refractivity contribution is 7.09. The second-order valence-electron chi connectivity index (χ2n) is 9.68. The average Bonchev–Trinajstić information content (AvgIpc) is 3.40. The van der Waals surface area contributed by atoms with E-state index in [1.807, 2.05) is 19.9 Å². The molecule has 1 aliphatic rings. The molecule has 4 rings (SSSR count). The monoisotopic (exact) mass is 467 g/mol. The van der Waals surface area contributed by atoms with Gasteiger partial charge in [0.1, 0.15) is 11.9 Å². The molecule has 0 aliphatic heterocycles. The van der Waals surface area contributed by atoms with Gasteiger partial charge >= 0.3 is 5.97 Å². The summed E-state index contributed by atoms with van der Waals surface area (Å²) < 4.78 is 2.40.